The van der Waals surface area contributed by atoms with Gasteiger partial charge in [0, 0.05) is 23.6 Å². The average Bonchev–Trinajstić information content (AvgIpc) is 2.76. The first-order chi connectivity index (χ1) is 13.8. The molecule has 0 spiro atoms. The lowest BCUT2D eigenvalue weighted by atomic mass is 10.1. The van der Waals surface area contributed by atoms with Gasteiger partial charge in [-0.2, -0.15) is 0 Å². The van der Waals surface area contributed by atoms with Crippen LogP contribution in [0, 0.1) is 0 Å². The van der Waals surface area contributed by atoms with Gasteiger partial charge < -0.3 is 8.85 Å². The van der Waals surface area contributed by atoms with Crippen molar-refractivity contribution in [3.8, 4) is 0 Å². The van der Waals surface area contributed by atoms with Crippen LogP contribution in [-0.4, -0.2) is 21.8 Å². The summed E-state index contributed by atoms with van der Waals surface area (Å²) >= 11 is 0. The molecule has 2 nitrogen and oxygen atoms in total. The first-order valence-corrected chi connectivity index (χ1v) is 11.9. The van der Waals surface area contributed by atoms with E-state index in [4.69, 9.17) is 8.85 Å². The summed E-state index contributed by atoms with van der Waals surface area (Å²) in [4.78, 5) is 0. The van der Waals surface area contributed by atoms with Crippen molar-refractivity contribution >= 4 is 40.5 Å². The van der Waals surface area contributed by atoms with Crippen molar-refractivity contribution < 1.29 is 8.85 Å². The second-order valence-electron chi connectivity index (χ2n) is 6.95. The van der Waals surface area contributed by atoms with Gasteiger partial charge in [0.1, 0.15) is 0 Å². The van der Waals surface area contributed by atoms with Crippen LogP contribution in [0.25, 0.3) is 21.5 Å². The first-order valence-electron chi connectivity index (χ1n) is 10.0. The van der Waals surface area contributed by atoms with Gasteiger partial charge in [0.25, 0.3) is 0 Å². The van der Waals surface area contributed by atoms with Crippen LogP contribution >= 0.6 is 0 Å². The van der Waals surface area contributed by atoms with E-state index in [-0.39, 0.29) is 0 Å². The highest BCUT2D eigenvalue weighted by atomic mass is 28.4. The van der Waals surface area contributed by atoms with Crippen molar-refractivity contribution in [3.63, 3.8) is 0 Å². The van der Waals surface area contributed by atoms with E-state index in [1.807, 2.05) is 0 Å². The van der Waals surface area contributed by atoms with Gasteiger partial charge in [-0.25, -0.2) is 0 Å². The van der Waals surface area contributed by atoms with Crippen LogP contribution in [0.2, 0.25) is 0 Å². The fourth-order valence-corrected chi connectivity index (χ4v) is 7.66. The lowest BCUT2D eigenvalue weighted by Crippen LogP contribution is -2.64. The van der Waals surface area contributed by atoms with Crippen molar-refractivity contribution in [2.75, 3.05) is 13.2 Å². The maximum absolute atomic E-state index is 6.72. The molecule has 0 aliphatic heterocycles. The van der Waals surface area contributed by atoms with Gasteiger partial charge >= 0.3 is 8.56 Å². The van der Waals surface area contributed by atoms with Crippen molar-refractivity contribution in [2.24, 2.45) is 0 Å². The van der Waals surface area contributed by atoms with Gasteiger partial charge in [-0.1, -0.05) is 91.9 Å². The molecule has 4 rings (SSSR count). The van der Waals surface area contributed by atoms with E-state index in [2.05, 4.69) is 98.8 Å². The molecule has 0 radical (unpaired) electrons. The quantitative estimate of drug-likeness (QED) is 0.416. The fourth-order valence-electron chi connectivity index (χ4n) is 3.97. The molecule has 0 unspecified atom stereocenters. The number of hydrogen-bond donors (Lipinski definition) is 0. The van der Waals surface area contributed by atoms with Crippen molar-refractivity contribution in [1.82, 2.24) is 0 Å². The van der Waals surface area contributed by atoms with Crippen molar-refractivity contribution in [2.45, 2.75) is 20.3 Å². The van der Waals surface area contributed by atoms with Gasteiger partial charge in [0.05, 0.1) is 0 Å². The van der Waals surface area contributed by atoms with Crippen LogP contribution in [0.1, 0.15) is 20.3 Å². The Bertz CT molecular complexity index is 1000. The second-order valence-corrected chi connectivity index (χ2v) is 9.84. The fraction of sp³-hybridized carbons (Fsp3) is 0.200. The second kappa shape index (κ2) is 8.27. The molecule has 0 aromatic heterocycles. The lowest BCUT2D eigenvalue weighted by Gasteiger charge is -2.33. The normalized spacial score (nSPS) is 11.9. The highest BCUT2D eigenvalue weighted by Crippen LogP contribution is 2.22. The van der Waals surface area contributed by atoms with E-state index in [0.717, 1.165) is 6.42 Å². The zero-order valence-corrected chi connectivity index (χ0v) is 17.5. The van der Waals surface area contributed by atoms with Crippen molar-refractivity contribution in [3.05, 3.63) is 84.9 Å². The Balaban J connectivity index is 2.06. The van der Waals surface area contributed by atoms with E-state index >= 15 is 0 Å². The molecule has 0 saturated heterocycles. The Labute approximate surface area is 168 Å². The summed E-state index contributed by atoms with van der Waals surface area (Å²) in [7, 11) is -2.90. The highest BCUT2D eigenvalue weighted by molar-refractivity contribution is 6.95. The molecule has 3 heteroatoms. The van der Waals surface area contributed by atoms with E-state index in [1.54, 1.807) is 0 Å². The molecule has 0 N–H and O–H groups in total. The Kier molecular flexibility index (Phi) is 5.58. The largest absolute Gasteiger partial charge is 0.408 e. The van der Waals surface area contributed by atoms with Gasteiger partial charge in [-0.3, -0.25) is 0 Å². The third-order valence-electron chi connectivity index (χ3n) is 5.15. The third kappa shape index (κ3) is 3.26. The smallest absolute Gasteiger partial charge is 0.388 e. The molecule has 0 bridgehead atoms. The molecule has 0 saturated carbocycles. The average molecular weight is 387 g/mol. The van der Waals surface area contributed by atoms with Crippen LogP contribution in [0.5, 0.6) is 0 Å². The van der Waals surface area contributed by atoms with E-state index in [1.165, 1.54) is 31.9 Å². The first kappa shape index (κ1) is 18.9. The number of benzene rings is 4. The predicted molar refractivity (Wildman–Crippen MR) is 121 cm³/mol. The van der Waals surface area contributed by atoms with Crippen molar-refractivity contribution in [1.29, 1.82) is 0 Å². The Hall–Kier alpha value is -2.46. The summed E-state index contributed by atoms with van der Waals surface area (Å²) in [5.41, 5.74) is 0. The Morgan fingerprint density at radius 2 is 1.11 bits per heavy atom. The van der Waals surface area contributed by atoms with Gasteiger partial charge in [0.2, 0.25) is 0 Å². The summed E-state index contributed by atoms with van der Waals surface area (Å²) in [6.45, 7) is 5.51. The number of rotatable bonds is 7. The topological polar surface area (TPSA) is 18.5 Å². The zero-order valence-electron chi connectivity index (χ0n) is 16.5. The van der Waals surface area contributed by atoms with Crippen LogP contribution in [0.15, 0.2) is 84.9 Å². The maximum atomic E-state index is 6.72. The summed E-state index contributed by atoms with van der Waals surface area (Å²) in [6, 6.07) is 30.0. The third-order valence-corrected chi connectivity index (χ3v) is 8.74. The summed E-state index contributed by atoms with van der Waals surface area (Å²) in [5.74, 6) is 0. The van der Waals surface area contributed by atoms with Crippen LogP contribution < -0.4 is 10.4 Å². The standard InChI is InChI=1S/C25H26O2Si/c1-3-19-27-28(26-4-2,24-17-9-13-20-11-5-7-15-22(20)24)25-18-10-14-21-12-6-8-16-23(21)25/h5-18H,3-4,19H2,1-2H3. The molecule has 0 fully saturated rings. The zero-order chi connectivity index (χ0) is 19.4. The lowest BCUT2D eigenvalue weighted by molar-refractivity contribution is 0.200. The highest BCUT2D eigenvalue weighted by Gasteiger charge is 2.44. The molecule has 0 aliphatic rings. The summed E-state index contributed by atoms with van der Waals surface area (Å²) < 4.78 is 13.4. The van der Waals surface area contributed by atoms with Crippen LogP contribution in [0.3, 0.4) is 0 Å². The molecular weight excluding hydrogens is 360 g/mol. The van der Waals surface area contributed by atoms with Gasteiger partial charge in [-0.15, -0.1) is 0 Å². The maximum Gasteiger partial charge on any atom is 0.408 e. The minimum Gasteiger partial charge on any atom is -0.388 e. The number of fused-ring (bicyclic) bond motifs is 2. The van der Waals surface area contributed by atoms with Gasteiger partial charge in [-0.05, 0) is 34.9 Å². The molecule has 4 aromatic rings. The molecule has 142 valence electrons. The molecule has 0 aliphatic carbocycles. The summed E-state index contributed by atoms with van der Waals surface area (Å²) in [5, 5.41) is 7.26. The molecule has 0 heterocycles. The van der Waals surface area contributed by atoms with Crippen LogP contribution in [0.4, 0.5) is 0 Å². The molecule has 0 atom stereocenters. The van der Waals surface area contributed by atoms with Gasteiger partial charge in [0.15, 0.2) is 0 Å². The Morgan fingerprint density at radius 1 is 0.607 bits per heavy atom. The molecular formula is C25H26O2Si. The monoisotopic (exact) mass is 386 g/mol. The molecule has 28 heavy (non-hydrogen) atoms. The Morgan fingerprint density at radius 3 is 1.61 bits per heavy atom. The van der Waals surface area contributed by atoms with E-state index < -0.39 is 8.56 Å². The van der Waals surface area contributed by atoms with Crippen LogP contribution in [-0.2, 0) is 8.85 Å². The summed E-state index contributed by atoms with van der Waals surface area (Å²) in [6.07, 6.45) is 0.956. The molecule has 0 amide bonds. The minimum atomic E-state index is -2.90. The van der Waals surface area contributed by atoms with E-state index in [9.17, 15) is 0 Å². The molecule has 4 aromatic carbocycles. The number of hydrogen-bond acceptors (Lipinski definition) is 2. The van der Waals surface area contributed by atoms with E-state index in [0.29, 0.717) is 13.2 Å². The predicted octanol–water partition coefficient (Wildman–Crippen LogP) is 5.01. The SMILES string of the molecule is CCCO[Si](OCC)(c1cccc2ccccc12)c1cccc2ccccc12. The minimum absolute atomic E-state index is 0.613.